The maximum absolute atomic E-state index is 12.2. The molecular formula is C17H29N3O. The second kappa shape index (κ2) is 10.2. The maximum atomic E-state index is 12.2. The molecule has 0 aliphatic carbocycles. The number of nitrogens with one attached hydrogen (secondary N) is 1. The monoisotopic (exact) mass is 291 g/mol. The smallest absolute Gasteiger partial charge is 0.317 e. The summed E-state index contributed by atoms with van der Waals surface area (Å²) in [5, 5.41) is 2.99. The minimum Gasteiger partial charge on any atom is -0.334 e. The molecule has 0 spiro atoms. The molecule has 0 radical (unpaired) electrons. The van der Waals surface area contributed by atoms with Gasteiger partial charge in [0, 0.05) is 19.6 Å². The number of amides is 2. The standard InChI is InChI=1S/C17H29N3O/c1-4-19(5-2)13-10-14-20(6-3)17(21)18-15-16-11-8-7-9-12-16/h7-9,11-12H,4-6,10,13-15H2,1-3H3,(H,18,21). The average molecular weight is 291 g/mol. The van der Waals surface area contributed by atoms with Crippen molar-refractivity contribution in [1.29, 1.82) is 0 Å². The SMILES string of the molecule is CCN(CC)CCCN(CC)C(=O)NCc1ccccc1. The Morgan fingerprint density at radius 2 is 1.67 bits per heavy atom. The lowest BCUT2D eigenvalue weighted by Gasteiger charge is -2.24. The molecule has 0 fully saturated rings. The summed E-state index contributed by atoms with van der Waals surface area (Å²) in [6.45, 7) is 11.7. The van der Waals surface area contributed by atoms with Crippen LogP contribution in [0, 0.1) is 0 Å². The van der Waals surface area contributed by atoms with Crippen LogP contribution in [0.25, 0.3) is 0 Å². The Bertz CT molecular complexity index is 390. The zero-order valence-electron chi connectivity index (χ0n) is 13.6. The second-order valence-electron chi connectivity index (χ2n) is 5.10. The Kier molecular flexibility index (Phi) is 8.51. The molecule has 1 aromatic carbocycles. The number of nitrogens with zero attached hydrogens (tertiary/aromatic N) is 2. The van der Waals surface area contributed by atoms with Gasteiger partial charge in [-0.2, -0.15) is 0 Å². The van der Waals surface area contributed by atoms with Gasteiger partial charge >= 0.3 is 6.03 Å². The summed E-state index contributed by atoms with van der Waals surface area (Å²) in [7, 11) is 0. The molecule has 2 amide bonds. The van der Waals surface area contributed by atoms with Crippen LogP contribution >= 0.6 is 0 Å². The molecule has 21 heavy (non-hydrogen) atoms. The highest BCUT2D eigenvalue weighted by molar-refractivity contribution is 5.74. The number of hydrogen-bond donors (Lipinski definition) is 1. The van der Waals surface area contributed by atoms with Gasteiger partial charge in [0.1, 0.15) is 0 Å². The summed E-state index contributed by atoms with van der Waals surface area (Å²) in [5.74, 6) is 0. The highest BCUT2D eigenvalue weighted by Crippen LogP contribution is 2.00. The quantitative estimate of drug-likeness (QED) is 0.759. The third kappa shape index (κ3) is 6.63. The average Bonchev–Trinajstić information content (AvgIpc) is 2.54. The first kappa shape index (κ1) is 17.5. The van der Waals surface area contributed by atoms with E-state index < -0.39 is 0 Å². The molecule has 0 aliphatic rings. The van der Waals surface area contributed by atoms with E-state index in [2.05, 4.69) is 24.1 Å². The molecule has 1 aromatic rings. The molecule has 0 saturated carbocycles. The first-order valence-electron chi connectivity index (χ1n) is 8.00. The number of hydrogen-bond acceptors (Lipinski definition) is 2. The van der Waals surface area contributed by atoms with Gasteiger partial charge in [-0.1, -0.05) is 44.2 Å². The van der Waals surface area contributed by atoms with E-state index in [0.29, 0.717) is 6.54 Å². The molecule has 118 valence electrons. The minimum absolute atomic E-state index is 0.0286. The highest BCUT2D eigenvalue weighted by atomic mass is 16.2. The van der Waals surface area contributed by atoms with Crippen LogP contribution in [0.1, 0.15) is 32.8 Å². The van der Waals surface area contributed by atoms with Crippen LogP contribution in [0.15, 0.2) is 30.3 Å². The molecule has 0 bridgehead atoms. The van der Waals surface area contributed by atoms with E-state index in [0.717, 1.165) is 44.7 Å². The molecule has 4 heteroatoms. The van der Waals surface area contributed by atoms with Gasteiger partial charge in [0.05, 0.1) is 0 Å². The normalized spacial score (nSPS) is 10.7. The van der Waals surface area contributed by atoms with Crippen LogP contribution in [0.4, 0.5) is 4.79 Å². The summed E-state index contributed by atoms with van der Waals surface area (Å²) in [5.41, 5.74) is 1.13. The molecule has 0 saturated heterocycles. The predicted molar refractivity (Wildman–Crippen MR) is 88.3 cm³/mol. The molecule has 0 heterocycles. The van der Waals surface area contributed by atoms with E-state index in [4.69, 9.17) is 0 Å². The first-order valence-corrected chi connectivity index (χ1v) is 8.00. The minimum atomic E-state index is 0.0286. The van der Waals surface area contributed by atoms with Gasteiger partial charge in [0.25, 0.3) is 0 Å². The van der Waals surface area contributed by atoms with Crippen molar-refractivity contribution < 1.29 is 4.79 Å². The number of carbonyl (C=O) groups excluding carboxylic acids is 1. The Morgan fingerprint density at radius 3 is 2.24 bits per heavy atom. The summed E-state index contributed by atoms with van der Waals surface area (Å²) in [4.78, 5) is 16.4. The van der Waals surface area contributed by atoms with Crippen LogP contribution in [0.5, 0.6) is 0 Å². The van der Waals surface area contributed by atoms with Crippen molar-refractivity contribution in [2.75, 3.05) is 32.7 Å². The number of carbonyl (C=O) groups is 1. The van der Waals surface area contributed by atoms with Crippen molar-refractivity contribution in [1.82, 2.24) is 15.1 Å². The van der Waals surface area contributed by atoms with Crippen molar-refractivity contribution >= 4 is 6.03 Å². The Hall–Kier alpha value is -1.55. The zero-order chi connectivity index (χ0) is 15.5. The van der Waals surface area contributed by atoms with Crippen molar-refractivity contribution in [3.05, 3.63) is 35.9 Å². The van der Waals surface area contributed by atoms with Crippen molar-refractivity contribution in [2.24, 2.45) is 0 Å². The van der Waals surface area contributed by atoms with E-state index >= 15 is 0 Å². The van der Waals surface area contributed by atoms with Gasteiger partial charge in [-0.05, 0) is 38.5 Å². The van der Waals surface area contributed by atoms with Crippen LogP contribution < -0.4 is 5.32 Å². The van der Waals surface area contributed by atoms with E-state index in [1.807, 2.05) is 42.2 Å². The zero-order valence-corrected chi connectivity index (χ0v) is 13.6. The topological polar surface area (TPSA) is 35.6 Å². The van der Waals surface area contributed by atoms with Crippen molar-refractivity contribution in [3.8, 4) is 0 Å². The fourth-order valence-electron chi connectivity index (χ4n) is 2.31. The summed E-state index contributed by atoms with van der Waals surface area (Å²) >= 11 is 0. The fraction of sp³-hybridized carbons (Fsp3) is 0.588. The third-order valence-corrected chi connectivity index (χ3v) is 3.75. The molecular weight excluding hydrogens is 262 g/mol. The second-order valence-corrected chi connectivity index (χ2v) is 5.10. The van der Waals surface area contributed by atoms with Gasteiger partial charge in [0.2, 0.25) is 0 Å². The van der Waals surface area contributed by atoms with Gasteiger partial charge in [-0.15, -0.1) is 0 Å². The number of benzene rings is 1. The molecule has 1 rings (SSSR count). The predicted octanol–water partition coefficient (Wildman–Crippen LogP) is 2.95. The number of rotatable bonds is 9. The Morgan fingerprint density at radius 1 is 1.00 bits per heavy atom. The van der Waals surface area contributed by atoms with Crippen LogP contribution in [-0.4, -0.2) is 48.6 Å². The first-order chi connectivity index (χ1) is 10.2. The lowest BCUT2D eigenvalue weighted by molar-refractivity contribution is 0.195. The summed E-state index contributed by atoms with van der Waals surface area (Å²) < 4.78 is 0. The van der Waals surface area contributed by atoms with Crippen LogP contribution in [0.2, 0.25) is 0 Å². The Balaban J connectivity index is 2.32. The van der Waals surface area contributed by atoms with Gasteiger partial charge in [-0.3, -0.25) is 0 Å². The largest absolute Gasteiger partial charge is 0.334 e. The molecule has 0 atom stereocenters. The fourth-order valence-corrected chi connectivity index (χ4v) is 2.31. The van der Waals surface area contributed by atoms with Crippen LogP contribution in [-0.2, 0) is 6.54 Å². The van der Waals surface area contributed by atoms with E-state index in [1.54, 1.807) is 0 Å². The molecule has 0 unspecified atom stereocenters. The Labute approximate surface area is 129 Å². The molecule has 0 aromatic heterocycles. The molecule has 1 N–H and O–H groups in total. The maximum Gasteiger partial charge on any atom is 0.317 e. The van der Waals surface area contributed by atoms with E-state index in [9.17, 15) is 4.79 Å². The highest BCUT2D eigenvalue weighted by Gasteiger charge is 2.11. The van der Waals surface area contributed by atoms with E-state index in [-0.39, 0.29) is 6.03 Å². The van der Waals surface area contributed by atoms with Gasteiger partial charge < -0.3 is 15.1 Å². The van der Waals surface area contributed by atoms with E-state index in [1.165, 1.54) is 0 Å². The van der Waals surface area contributed by atoms with Crippen molar-refractivity contribution in [2.45, 2.75) is 33.7 Å². The molecule has 4 nitrogen and oxygen atoms in total. The van der Waals surface area contributed by atoms with Crippen molar-refractivity contribution in [3.63, 3.8) is 0 Å². The van der Waals surface area contributed by atoms with Gasteiger partial charge in [0.15, 0.2) is 0 Å². The third-order valence-electron chi connectivity index (χ3n) is 3.75. The van der Waals surface area contributed by atoms with Crippen LogP contribution in [0.3, 0.4) is 0 Å². The van der Waals surface area contributed by atoms with Gasteiger partial charge in [-0.25, -0.2) is 4.79 Å². The molecule has 0 aliphatic heterocycles. The number of urea groups is 1. The summed E-state index contributed by atoms with van der Waals surface area (Å²) in [6, 6.07) is 10.0. The lowest BCUT2D eigenvalue weighted by Crippen LogP contribution is -2.41. The summed E-state index contributed by atoms with van der Waals surface area (Å²) in [6.07, 6.45) is 1.02. The lowest BCUT2D eigenvalue weighted by atomic mass is 10.2.